The summed E-state index contributed by atoms with van der Waals surface area (Å²) >= 11 is 1.62. The molecule has 0 radical (unpaired) electrons. The second-order valence-corrected chi connectivity index (χ2v) is 4.43. The van der Waals surface area contributed by atoms with Crippen LogP contribution in [0.15, 0.2) is 16.0 Å². The van der Waals surface area contributed by atoms with E-state index in [-0.39, 0.29) is 6.04 Å². The molecule has 2 N–H and O–H groups in total. The lowest BCUT2D eigenvalue weighted by Gasteiger charge is -2.11. The van der Waals surface area contributed by atoms with Gasteiger partial charge in [0.2, 0.25) is 5.89 Å². The first-order valence-electron chi connectivity index (χ1n) is 5.46. The maximum absolute atomic E-state index is 5.44. The predicted molar refractivity (Wildman–Crippen MR) is 65.8 cm³/mol. The molecule has 0 aromatic carbocycles. The second kappa shape index (κ2) is 5.74. The van der Waals surface area contributed by atoms with Crippen LogP contribution in [0, 0.1) is 0 Å². The van der Waals surface area contributed by atoms with Gasteiger partial charge in [0.25, 0.3) is 0 Å². The Hall–Kier alpha value is -1.47. The molecular formula is C10H15N5OS. The summed E-state index contributed by atoms with van der Waals surface area (Å²) in [5.74, 6) is 0.573. The van der Waals surface area contributed by atoms with E-state index in [9.17, 15) is 0 Å². The van der Waals surface area contributed by atoms with Crippen LogP contribution in [0.25, 0.3) is 0 Å². The lowest BCUT2D eigenvalue weighted by atomic mass is 10.2. The zero-order chi connectivity index (χ0) is 12.1. The van der Waals surface area contributed by atoms with Crippen LogP contribution in [0.1, 0.15) is 30.3 Å². The van der Waals surface area contributed by atoms with E-state index in [0.29, 0.717) is 18.5 Å². The largest absolute Gasteiger partial charge is 0.407 e. The van der Waals surface area contributed by atoms with Gasteiger partial charge in [-0.05, 0) is 13.5 Å². The first-order chi connectivity index (χ1) is 8.33. The summed E-state index contributed by atoms with van der Waals surface area (Å²) in [6.45, 7) is 2.66. The molecule has 0 saturated carbocycles. The summed E-state index contributed by atoms with van der Waals surface area (Å²) in [6, 6.07) is 0.565. The minimum Gasteiger partial charge on any atom is -0.407 e. The molecule has 2 aromatic heterocycles. The third-order valence-corrected chi connectivity index (χ3v) is 3.14. The molecule has 17 heavy (non-hydrogen) atoms. The summed E-state index contributed by atoms with van der Waals surface area (Å²) in [5, 5.41) is 17.0. The van der Waals surface area contributed by atoms with E-state index in [4.69, 9.17) is 4.42 Å². The third-order valence-electron chi connectivity index (χ3n) is 2.25. The van der Waals surface area contributed by atoms with Crippen molar-refractivity contribution in [2.75, 3.05) is 12.4 Å². The lowest BCUT2D eigenvalue weighted by molar-refractivity contribution is 0.483. The quantitative estimate of drug-likeness (QED) is 0.817. The minimum atomic E-state index is 0.123. The number of rotatable bonds is 6. The van der Waals surface area contributed by atoms with Crippen LogP contribution in [-0.4, -0.2) is 22.2 Å². The van der Waals surface area contributed by atoms with Crippen LogP contribution >= 0.6 is 11.3 Å². The zero-order valence-corrected chi connectivity index (χ0v) is 10.6. The molecule has 1 atom stereocenters. The molecule has 0 bridgehead atoms. The summed E-state index contributed by atoms with van der Waals surface area (Å²) in [7, 11) is 1.84. The summed E-state index contributed by atoms with van der Waals surface area (Å²) in [5.41, 5.74) is 0. The average molecular weight is 253 g/mol. The third kappa shape index (κ3) is 3.01. The molecule has 0 aliphatic carbocycles. The van der Waals surface area contributed by atoms with E-state index < -0.39 is 0 Å². The summed E-state index contributed by atoms with van der Waals surface area (Å²) < 4.78 is 5.44. The van der Waals surface area contributed by atoms with E-state index in [2.05, 4.69) is 32.7 Å². The van der Waals surface area contributed by atoms with Gasteiger partial charge >= 0.3 is 6.01 Å². The number of hydrogen-bond acceptors (Lipinski definition) is 7. The van der Waals surface area contributed by atoms with E-state index >= 15 is 0 Å². The minimum absolute atomic E-state index is 0.123. The number of aromatic nitrogens is 3. The molecule has 0 amide bonds. The number of anilines is 1. The number of nitrogens with zero attached hydrogens (tertiary/aromatic N) is 3. The van der Waals surface area contributed by atoms with Crippen molar-refractivity contribution in [2.45, 2.75) is 25.9 Å². The van der Waals surface area contributed by atoms with Crippen molar-refractivity contribution in [3.8, 4) is 0 Å². The number of hydrogen-bond donors (Lipinski definition) is 2. The smallest absolute Gasteiger partial charge is 0.316 e. The molecule has 0 aliphatic heterocycles. The first-order valence-corrected chi connectivity index (χ1v) is 6.34. The Morgan fingerprint density at radius 2 is 2.35 bits per heavy atom. The first kappa shape index (κ1) is 12.0. The highest BCUT2D eigenvalue weighted by molar-refractivity contribution is 7.09. The van der Waals surface area contributed by atoms with Crippen molar-refractivity contribution < 1.29 is 4.42 Å². The highest BCUT2D eigenvalue weighted by Crippen LogP contribution is 2.23. The molecule has 2 aromatic rings. The van der Waals surface area contributed by atoms with Crippen molar-refractivity contribution in [1.82, 2.24) is 20.5 Å². The van der Waals surface area contributed by atoms with Crippen molar-refractivity contribution in [2.24, 2.45) is 0 Å². The van der Waals surface area contributed by atoms with Crippen molar-refractivity contribution in [3.05, 3.63) is 22.5 Å². The van der Waals surface area contributed by atoms with E-state index in [1.807, 2.05) is 12.4 Å². The Balaban J connectivity index is 2.02. The van der Waals surface area contributed by atoms with Gasteiger partial charge in [0.05, 0.1) is 12.6 Å². The highest BCUT2D eigenvalue weighted by atomic mass is 32.1. The maximum Gasteiger partial charge on any atom is 0.316 e. The molecule has 1 unspecified atom stereocenters. The van der Waals surface area contributed by atoms with Gasteiger partial charge in [0.1, 0.15) is 5.01 Å². The van der Waals surface area contributed by atoms with Crippen LogP contribution < -0.4 is 10.6 Å². The van der Waals surface area contributed by atoms with Gasteiger partial charge in [-0.2, -0.15) is 0 Å². The normalized spacial score (nSPS) is 12.6. The number of thiazole rings is 1. The fourth-order valence-electron chi connectivity index (χ4n) is 1.43. The Morgan fingerprint density at radius 1 is 1.47 bits per heavy atom. The van der Waals surface area contributed by atoms with Crippen molar-refractivity contribution >= 4 is 17.4 Å². The predicted octanol–water partition coefficient (Wildman–Crippen LogP) is 1.81. The van der Waals surface area contributed by atoms with E-state index in [1.54, 1.807) is 17.5 Å². The Bertz CT molecular complexity index is 441. The van der Waals surface area contributed by atoms with Crippen molar-refractivity contribution in [1.29, 1.82) is 0 Å². The van der Waals surface area contributed by atoms with Gasteiger partial charge in [-0.3, -0.25) is 0 Å². The molecule has 0 fully saturated rings. The summed E-state index contributed by atoms with van der Waals surface area (Å²) in [6.07, 6.45) is 2.71. The SMILES string of the molecule is CCC(Nc1nnc(CNC)o1)c1nccs1. The number of nitrogens with one attached hydrogen (secondary N) is 2. The standard InChI is InChI=1S/C10H15N5OS/c1-3-7(9-12-4-5-17-9)13-10-15-14-8(16-10)6-11-2/h4-5,7,11H,3,6H2,1-2H3,(H,13,15). The fourth-order valence-corrected chi connectivity index (χ4v) is 2.20. The topological polar surface area (TPSA) is 75.9 Å². The maximum atomic E-state index is 5.44. The van der Waals surface area contributed by atoms with Crippen LogP contribution in [0.2, 0.25) is 0 Å². The van der Waals surface area contributed by atoms with Gasteiger partial charge in [-0.1, -0.05) is 12.0 Å². The van der Waals surface area contributed by atoms with E-state index in [1.165, 1.54) is 0 Å². The van der Waals surface area contributed by atoms with E-state index in [0.717, 1.165) is 11.4 Å². The molecule has 2 rings (SSSR count). The zero-order valence-electron chi connectivity index (χ0n) is 9.80. The van der Waals surface area contributed by atoms with Gasteiger partial charge in [0, 0.05) is 11.6 Å². The van der Waals surface area contributed by atoms with Crippen LogP contribution in [0.4, 0.5) is 6.01 Å². The highest BCUT2D eigenvalue weighted by Gasteiger charge is 2.15. The molecule has 6 nitrogen and oxygen atoms in total. The molecule has 0 saturated heterocycles. The fraction of sp³-hybridized carbons (Fsp3) is 0.500. The van der Waals surface area contributed by atoms with Gasteiger partial charge in [-0.15, -0.1) is 16.4 Å². The van der Waals surface area contributed by atoms with Crippen molar-refractivity contribution in [3.63, 3.8) is 0 Å². The molecule has 7 heteroatoms. The average Bonchev–Trinajstić information content (AvgIpc) is 2.97. The molecule has 2 heterocycles. The van der Waals surface area contributed by atoms with Crippen LogP contribution in [0.3, 0.4) is 0 Å². The van der Waals surface area contributed by atoms with Gasteiger partial charge in [0.15, 0.2) is 0 Å². The molecule has 0 spiro atoms. The Labute approximate surface area is 103 Å². The molecular weight excluding hydrogens is 238 g/mol. The Morgan fingerprint density at radius 3 is 3.00 bits per heavy atom. The lowest BCUT2D eigenvalue weighted by Crippen LogP contribution is -2.09. The Kier molecular flexibility index (Phi) is 4.05. The summed E-state index contributed by atoms with van der Waals surface area (Å²) in [4.78, 5) is 4.28. The molecule has 92 valence electrons. The second-order valence-electron chi connectivity index (χ2n) is 3.51. The molecule has 0 aliphatic rings. The van der Waals surface area contributed by atoms with Crippen LogP contribution in [0.5, 0.6) is 0 Å². The van der Waals surface area contributed by atoms with Gasteiger partial charge in [-0.25, -0.2) is 4.98 Å². The van der Waals surface area contributed by atoms with Crippen LogP contribution in [-0.2, 0) is 6.54 Å². The van der Waals surface area contributed by atoms with Gasteiger partial charge < -0.3 is 15.1 Å². The monoisotopic (exact) mass is 253 g/mol.